The van der Waals surface area contributed by atoms with Gasteiger partial charge in [0, 0.05) is 25.1 Å². The van der Waals surface area contributed by atoms with Crippen molar-refractivity contribution in [1.29, 1.82) is 0 Å². The van der Waals surface area contributed by atoms with Gasteiger partial charge in [0.1, 0.15) is 0 Å². The van der Waals surface area contributed by atoms with Crippen LogP contribution in [0.3, 0.4) is 0 Å². The second kappa shape index (κ2) is 3.63. The van der Waals surface area contributed by atoms with Crippen LogP contribution in [0.15, 0.2) is 22.8 Å². The molecule has 0 saturated carbocycles. The third-order valence-electron chi connectivity index (χ3n) is 3.64. The van der Waals surface area contributed by atoms with E-state index in [9.17, 15) is 4.79 Å². The molecule has 86 valence electrons. The molecule has 0 aliphatic carbocycles. The van der Waals surface area contributed by atoms with Crippen molar-refractivity contribution in [2.45, 2.75) is 12.8 Å². The summed E-state index contributed by atoms with van der Waals surface area (Å²) in [5.41, 5.74) is 0.224. The third-order valence-corrected chi connectivity index (χ3v) is 3.64. The molecule has 4 nitrogen and oxygen atoms in total. The van der Waals surface area contributed by atoms with Crippen LogP contribution in [0.5, 0.6) is 0 Å². The van der Waals surface area contributed by atoms with E-state index in [2.05, 4.69) is 0 Å². The number of amides is 1. The highest BCUT2D eigenvalue weighted by Crippen LogP contribution is 2.38. The predicted octanol–water partition coefficient (Wildman–Crippen LogP) is 1.53. The van der Waals surface area contributed by atoms with Crippen molar-refractivity contribution in [2.75, 3.05) is 26.3 Å². The topological polar surface area (TPSA) is 42.7 Å². The normalized spacial score (nSPS) is 29.1. The first-order chi connectivity index (χ1) is 7.79. The minimum atomic E-state index is 0.00813. The Morgan fingerprint density at radius 3 is 3.06 bits per heavy atom. The van der Waals surface area contributed by atoms with Crippen LogP contribution in [-0.2, 0) is 4.74 Å². The van der Waals surface area contributed by atoms with Crippen LogP contribution in [0.1, 0.15) is 23.4 Å². The second-order valence-corrected chi connectivity index (χ2v) is 4.76. The zero-order valence-corrected chi connectivity index (χ0v) is 9.15. The SMILES string of the molecule is O=C(c1ccco1)N1CC[C@@]2(CCOC2)C1. The smallest absolute Gasteiger partial charge is 0.289 e. The van der Waals surface area contributed by atoms with Crippen LogP contribution >= 0.6 is 0 Å². The van der Waals surface area contributed by atoms with Crippen molar-refractivity contribution in [3.63, 3.8) is 0 Å². The van der Waals surface area contributed by atoms with Gasteiger partial charge in [0.2, 0.25) is 0 Å². The molecule has 2 saturated heterocycles. The molecule has 1 aromatic rings. The molecule has 1 aromatic heterocycles. The summed E-state index contributed by atoms with van der Waals surface area (Å²) in [5.74, 6) is 0.449. The summed E-state index contributed by atoms with van der Waals surface area (Å²) in [4.78, 5) is 13.9. The number of likely N-dealkylation sites (tertiary alicyclic amines) is 1. The molecule has 1 amide bonds. The highest BCUT2D eigenvalue weighted by molar-refractivity contribution is 5.91. The molecular formula is C12H15NO3. The van der Waals surface area contributed by atoms with Gasteiger partial charge in [-0.2, -0.15) is 0 Å². The Bertz CT molecular complexity index is 379. The molecule has 1 spiro atoms. The summed E-state index contributed by atoms with van der Waals surface area (Å²) in [7, 11) is 0. The first-order valence-electron chi connectivity index (χ1n) is 5.70. The van der Waals surface area contributed by atoms with E-state index in [1.165, 1.54) is 6.26 Å². The van der Waals surface area contributed by atoms with Gasteiger partial charge < -0.3 is 14.1 Å². The number of ether oxygens (including phenoxy) is 1. The molecule has 0 bridgehead atoms. The Balaban J connectivity index is 1.72. The molecule has 0 N–H and O–H groups in total. The van der Waals surface area contributed by atoms with E-state index < -0.39 is 0 Å². The number of nitrogens with zero attached hydrogens (tertiary/aromatic N) is 1. The zero-order chi connectivity index (χ0) is 11.0. The maximum absolute atomic E-state index is 12.0. The average Bonchev–Trinajstić information content (AvgIpc) is 3.01. The average molecular weight is 221 g/mol. The maximum Gasteiger partial charge on any atom is 0.289 e. The Labute approximate surface area is 94.2 Å². The lowest BCUT2D eigenvalue weighted by atomic mass is 9.87. The Morgan fingerprint density at radius 2 is 2.38 bits per heavy atom. The lowest BCUT2D eigenvalue weighted by Crippen LogP contribution is -2.32. The lowest BCUT2D eigenvalue weighted by Gasteiger charge is -2.21. The molecule has 2 aliphatic heterocycles. The predicted molar refractivity (Wildman–Crippen MR) is 57.1 cm³/mol. The van der Waals surface area contributed by atoms with E-state index in [0.717, 1.165) is 39.1 Å². The van der Waals surface area contributed by atoms with Crippen molar-refractivity contribution in [3.8, 4) is 0 Å². The van der Waals surface area contributed by atoms with Crippen LogP contribution < -0.4 is 0 Å². The number of carbonyl (C=O) groups excluding carboxylic acids is 1. The van der Waals surface area contributed by atoms with Gasteiger partial charge >= 0.3 is 0 Å². The summed E-state index contributed by atoms with van der Waals surface area (Å²) < 4.78 is 10.6. The van der Waals surface area contributed by atoms with E-state index in [4.69, 9.17) is 9.15 Å². The van der Waals surface area contributed by atoms with E-state index in [0.29, 0.717) is 5.76 Å². The van der Waals surface area contributed by atoms with Gasteiger partial charge in [-0.05, 0) is 25.0 Å². The molecule has 2 aliphatic rings. The van der Waals surface area contributed by atoms with Gasteiger partial charge in [0.05, 0.1) is 12.9 Å². The molecule has 0 unspecified atom stereocenters. The molecule has 3 heterocycles. The highest BCUT2D eigenvalue weighted by Gasteiger charge is 2.43. The Hall–Kier alpha value is -1.29. The summed E-state index contributed by atoms with van der Waals surface area (Å²) in [5, 5.41) is 0. The molecule has 3 rings (SSSR count). The molecule has 16 heavy (non-hydrogen) atoms. The van der Waals surface area contributed by atoms with E-state index in [-0.39, 0.29) is 11.3 Å². The summed E-state index contributed by atoms with van der Waals surface area (Å²) in [6.45, 7) is 3.27. The molecule has 1 atom stereocenters. The van der Waals surface area contributed by atoms with Gasteiger partial charge in [-0.15, -0.1) is 0 Å². The fourth-order valence-corrected chi connectivity index (χ4v) is 2.64. The molecule has 4 heteroatoms. The van der Waals surface area contributed by atoms with Gasteiger partial charge in [-0.1, -0.05) is 0 Å². The zero-order valence-electron chi connectivity index (χ0n) is 9.15. The van der Waals surface area contributed by atoms with Crippen LogP contribution in [-0.4, -0.2) is 37.1 Å². The molecular weight excluding hydrogens is 206 g/mol. The minimum Gasteiger partial charge on any atom is -0.459 e. The van der Waals surface area contributed by atoms with Gasteiger partial charge in [0.25, 0.3) is 5.91 Å². The molecule has 2 fully saturated rings. The van der Waals surface area contributed by atoms with E-state index in [1.807, 2.05) is 4.90 Å². The number of hydrogen-bond acceptors (Lipinski definition) is 3. The quantitative estimate of drug-likeness (QED) is 0.722. The number of carbonyl (C=O) groups is 1. The van der Waals surface area contributed by atoms with E-state index >= 15 is 0 Å². The van der Waals surface area contributed by atoms with Gasteiger partial charge in [-0.3, -0.25) is 4.79 Å². The summed E-state index contributed by atoms with van der Waals surface area (Å²) in [6.07, 6.45) is 3.67. The monoisotopic (exact) mass is 221 g/mol. The minimum absolute atomic E-state index is 0.00813. The largest absolute Gasteiger partial charge is 0.459 e. The van der Waals surface area contributed by atoms with Crippen molar-refractivity contribution < 1.29 is 13.9 Å². The van der Waals surface area contributed by atoms with Crippen molar-refractivity contribution in [2.24, 2.45) is 5.41 Å². The first-order valence-corrected chi connectivity index (χ1v) is 5.70. The van der Waals surface area contributed by atoms with E-state index in [1.54, 1.807) is 12.1 Å². The van der Waals surface area contributed by atoms with Gasteiger partial charge in [0.15, 0.2) is 5.76 Å². The summed E-state index contributed by atoms with van der Waals surface area (Å²) in [6, 6.07) is 3.47. The lowest BCUT2D eigenvalue weighted by molar-refractivity contribution is 0.0734. The highest BCUT2D eigenvalue weighted by atomic mass is 16.5. The van der Waals surface area contributed by atoms with Gasteiger partial charge in [-0.25, -0.2) is 0 Å². The van der Waals surface area contributed by atoms with Crippen molar-refractivity contribution in [3.05, 3.63) is 24.2 Å². The standard InChI is InChI=1S/C12H15NO3/c14-11(10-2-1-6-16-10)13-5-3-12(8-13)4-7-15-9-12/h1-2,6H,3-5,7-9H2/t12-/m1/s1. The number of rotatable bonds is 1. The maximum atomic E-state index is 12.0. The Kier molecular flexibility index (Phi) is 2.24. The van der Waals surface area contributed by atoms with Crippen LogP contribution in [0, 0.1) is 5.41 Å². The van der Waals surface area contributed by atoms with Crippen LogP contribution in [0.2, 0.25) is 0 Å². The fraction of sp³-hybridized carbons (Fsp3) is 0.583. The fourth-order valence-electron chi connectivity index (χ4n) is 2.64. The Morgan fingerprint density at radius 1 is 1.44 bits per heavy atom. The van der Waals surface area contributed by atoms with Crippen molar-refractivity contribution >= 4 is 5.91 Å². The second-order valence-electron chi connectivity index (χ2n) is 4.76. The number of hydrogen-bond donors (Lipinski definition) is 0. The molecule has 0 radical (unpaired) electrons. The van der Waals surface area contributed by atoms with Crippen LogP contribution in [0.25, 0.3) is 0 Å². The summed E-state index contributed by atoms with van der Waals surface area (Å²) >= 11 is 0. The van der Waals surface area contributed by atoms with Crippen LogP contribution in [0.4, 0.5) is 0 Å². The first kappa shape index (κ1) is 9.90. The molecule has 0 aromatic carbocycles. The number of furan rings is 1. The third kappa shape index (κ3) is 1.53. The van der Waals surface area contributed by atoms with Crippen molar-refractivity contribution in [1.82, 2.24) is 4.90 Å².